The van der Waals surface area contributed by atoms with Crippen molar-refractivity contribution >= 4 is 21.7 Å². The van der Waals surface area contributed by atoms with Gasteiger partial charge in [0.1, 0.15) is 11.5 Å². The SMILES string of the molecule is O=C(CCc1ccco1)Cc1ccc(Br)cn1. The van der Waals surface area contributed by atoms with Crippen LogP contribution in [0.5, 0.6) is 0 Å². The van der Waals surface area contributed by atoms with Gasteiger partial charge in [-0.25, -0.2) is 0 Å². The van der Waals surface area contributed by atoms with Gasteiger partial charge in [0.2, 0.25) is 0 Å². The molecule has 0 atom stereocenters. The maximum absolute atomic E-state index is 11.7. The summed E-state index contributed by atoms with van der Waals surface area (Å²) in [6, 6.07) is 7.46. The first-order valence-electron chi connectivity index (χ1n) is 5.38. The van der Waals surface area contributed by atoms with Crippen LogP contribution in [0.2, 0.25) is 0 Å². The van der Waals surface area contributed by atoms with Crippen molar-refractivity contribution in [3.63, 3.8) is 0 Å². The molecule has 0 spiro atoms. The zero-order valence-electron chi connectivity index (χ0n) is 9.23. The number of halogens is 1. The Morgan fingerprint density at radius 2 is 2.24 bits per heavy atom. The number of pyridine rings is 1. The molecule has 4 heteroatoms. The lowest BCUT2D eigenvalue weighted by Gasteiger charge is -2.00. The number of aryl methyl sites for hydroxylation is 1. The number of carbonyl (C=O) groups is 1. The van der Waals surface area contributed by atoms with Crippen molar-refractivity contribution in [2.45, 2.75) is 19.3 Å². The van der Waals surface area contributed by atoms with Crippen molar-refractivity contribution in [3.05, 3.63) is 52.7 Å². The normalized spacial score (nSPS) is 10.4. The number of ketones is 1. The van der Waals surface area contributed by atoms with E-state index in [4.69, 9.17) is 4.42 Å². The van der Waals surface area contributed by atoms with Crippen LogP contribution in [0.4, 0.5) is 0 Å². The zero-order chi connectivity index (χ0) is 12.1. The summed E-state index contributed by atoms with van der Waals surface area (Å²) in [5, 5.41) is 0. The molecule has 2 heterocycles. The van der Waals surface area contributed by atoms with Crippen LogP contribution in [0.15, 0.2) is 45.6 Å². The fourth-order valence-corrected chi connectivity index (χ4v) is 1.75. The molecule has 88 valence electrons. The van der Waals surface area contributed by atoms with Gasteiger partial charge in [-0.1, -0.05) is 0 Å². The van der Waals surface area contributed by atoms with Crippen LogP contribution in [0, 0.1) is 0 Å². The van der Waals surface area contributed by atoms with Gasteiger partial charge in [0.15, 0.2) is 0 Å². The second-order valence-electron chi connectivity index (χ2n) is 3.76. The fourth-order valence-electron chi connectivity index (χ4n) is 1.52. The Morgan fingerprint density at radius 3 is 2.88 bits per heavy atom. The summed E-state index contributed by atoms with van der Waals surface area (Å²) in [6.07, 6.45) is 4.85. The van der Waals surface area contributed by atoms with Crippen molar-refractivity contribution < 1.29 is 9.21 Å². The minimum absolute atomic E-state index is 0.177. The van der Waals surface area contributed by atoms with Gasteiger partial charge in [-0.2, -0.15) is 0 Å². The first-order chi connectivity index (χ1) is 8.24. The van der Waals surface area contributed by atoms with Gasteiger partial charge < -0.3 is 4.42 Å². The summed E-state index contributed by atoms with van der Waals surface area (Å²) in [5.74, 6) is 1.03. The van der Waals surface area contributed by atoms with E-state index in [0.29, 0.717) is 19.3 Å². The number of Topliss-reactive ketones (excluding diaryl/α,β-unsaturated/α-hetero) is 1. The third-order valence-electron chi connectivity index (χ3n) is 2.40. The summed E-state index contributed by atoms with van der Waals surface area (Å²) in [6.45, 7) is 0. The zero-order valence-corrected chi connectivity index (χ0v) is 10.8. The Hall–Kier alpha value is -1.42. The molecule has 0 aromatic carbocycles. The summed E-state index contributed by atoms with van der Waals surface area (Å²) >= 11 is 3.31. The van der Waals surface area contributed by atoms with E-state index in [-0.39, 0.29) is 5.78 Å². The summed E-state index contributed by atoms with van der Waals surface area (Å²) in [7, 11) is 0. The summed E-state index contributed by atoms with van der Waals surface area (Å²) in [4.78, 5) is 15.9. The van der Waals surface area contributed by atoms with Gasteiger partial charge in [0, 0.05) is 35.6 Å². The molecule has 0 amide bonds. The lowest BCUT2D eigenvalue weighted by Crippen LogP contribution is -2.05. The van der Waals surface area contributed by atoms with Crippen molar-refractivity contribution in [1.29, 1.82) is 0 Å². The van der Waals surface area contributed by atoms with E-state index in [1.165, 1.54) is 0 Å². The van der Waals surface area contributed by atoms with E-state index in [1.54, 1.807) is 12.5 Å². The molecule has 2 aromatic rings. The minimum atomic E-state index is 0.177. The van der Waals surface area contributed by atoms with Gasteiger partial charge in [-0.15, -0.1) is 0 Å². The number of hydrogen-bond acceptors (Lipinski definition) is 3. The third-order valence-corrected chi connectivity index (χ3v) is 2.87. The number of hydrogen-bond donors (Lipinski definition) is 0. The smallest absolute Gasteiger partial charge is 0.139 e. The average molecular weight is 294 g/mol. The predicted molar refractivity (Wildman–Crippen MR) is 67.7 cm³/mol. The van der Waals surface area contributed by atoms with E-state index in [9.17, 15) is 4.79 Å². The maximum Gasteiger partial charge on any atom is 0.139 e. The van der Waals surface area contributed by atoms with Crippen LogP contribution in [0.25, 0.3) is 0 Å². The molecule has 0 N–H and O–H groups in total. The maximum atomic E-state index is 11.7. The minimum Gasteiger partial charge on any atom is -0.469 e. The molecule has 2 aromatic heterocycles. The Balaban J connectivity index is 1.83. The number of carbonyl (C=O) groups excluding carboxylic acids is 1. The molecule has 17 heavy (non-hydrogen) atoms. The molecule has 0 saturated carbocycles. The van der Waals surface area contributed by atoms with Crippen molar-refractivity contribution in [2.75, 3.05) is 0 Å². The molecule has 3 nitrogen and oxygen atoms in total. The fraction of sp³-hybridized carbons (Fsp3) is 0.231. The topological polar surface area (TPSA) is 43.1 Å². The number of nitrogens with zero attached hydrogens (tertiary/aromatic N) is 1. The molecule has 0 fully saturated rings. The van der Waals surface area contributed by atoms with Crippen LogP contribution in [0.3, 0.4) is 0 Å². The summed E-state index contributed by atoms with van der Waals surface area (Å²) in [5.41, 5.74) is 0.803. The molecule has 0 saturated heterocycles. The Kier molecular flexibility index (Phi) is 4.09. The number of rotatable bonds is 5. The highest BCUT2D eigenvalue weighted by molar-refractivity contribution is 9.10. The lowest BCUT2D eigenvalue weighted by atomic mass is 10.1. The first-order valence-corrected chi connectivity index (χ1v) is 6.18. The summed E-state index contributed by atoms with van der Waals surface area (Å²) < 4.78 is 6.10. The molecular weight excluding hydrogens is 282 g/mol. The van der Waals surface area contributed by atoms with E-state index in [0.717, 1.165) is 15.9 Å². The van der Waals surface area contributed by atoms with Gasteiger partial charge in [0.25, 0.3) is 0 Å². The molecule has 0 aliphatic carbocycles. The molecule has 0 radical (unpaired) electrons. The van der Waals surface area contributed by atoms with Crippen LogP contribution in [-0.2, 0) is 17.6 Å². The van der Waals surface area contributed by atoms with Crippen LogP contribution < -0.4 is 0 Å². The van der Waals surface area contributed by atoms with E-state index >= 15 is 0 Å². The van der Waals surface area contributed by atoms with Gasteiger partial charge in [-0.05, 0) is 40.2 Å². The molecule has 0 aliphatic rings. The monoisotopic (exact) mass is 293 g/mol. The highest BCUT2D eigenvalue weighted by Crippen LogP contribution is 2.09. The van der Waals surface area contributed by atoms with Gasteiger partial charge in [-0.3, -0.25) is 9.78 Å². The van der Waals surface area contributed by atoms with Crippen molar-refractivity contribution in [2.24, 2.45) is 0 Å². The molecular formula is C13H12BrNO2. The van der Waals surface area contributed by atoms with Crippen LogP contribution in [0.1, 0.15) is 17.9 Å². The Labute approximate surface area is 108 Å². The molecule has 2 rings (SSSR count). The first kappa shape index (κ1) is 12.0. The highest BCUT2D eigenvalue weighted by Gasteiger charge is 2.06. The highest BCUT2D eigenvalue weighted by atomic mass is 79.9. The molecule has 0 bridgehead atoms. The van der Waals surface area contributed by atoms with Crippen LogP contribution >= 0.6 is 15.9 Å². The molecule has 0 unspecified atom stereocenters. The van der Waals surface area contributed by atoms with Crippen molar-refractivity contribution in [3.8, 4) is 0 Å². The quantitative estimate of drug-likeness (QED) is 0.850. The van der Waals surface area contributed by atoms with E-state index < -0.39 is 0 Å². The average Bonchev–Trinajstić information content (AvgIpc) is 2.83. The second-order valence-corrected chi connectivity index (χ2v) is 4.68. The third kappa shape index (κ3) is 3.82. The van der Waals surface area contributed by atoms with Crippen molar-refractivity contribution in [1.82, 2.24) is 4.98 Å². The van der Waals surface area contributed by atoms with Gasteiger partial charge in [0.05, 0.1) is 6.26 Å². The molecule has 0 aliphatic heterocycles. The number of furan rings is 1. The number of aromatic nitrogens is 1. The largest absolute Gasteiger partial charge is 0.469 e. The Morgan fingerprint density at radius 1 is 1.35 bits per heavy atom. The standard InChI is InChI=1S/C13H12BrNO2/c14-10-3-4-11(15-9-10)8-12(16)5-6-13-2-1-7-17-13/h1-4,7,9H,5-6,8H2. The lowest BCUT2D eigenvalue weighted by molar-refractivity contribution is -0.118. The Bertz CT molecular complexity index is 477. The van der Waals surface area contributed by atoms with E-state index in [2.05, 4.69) is 20.9 Å². The van der Waals surface area contributed by atoms with Gasteiger partial charge >= 0.3 is 0 Å². The van der Waals surface area contributed by atoms with E-state index in [1.807, 2.05) is 24.3 Å². The predicted octanol–water partition coefficient (Wildman–Crippen LogP) is 3.18. The second kappa shape index (κ2) is 5.77. The van der Waals surface area contributed by atoms with Crippen LogP contribution in [-0.4, -0.2) is 10.8 Å².